The second-order valence-corrected chi connectivity index (χ2v) is 10.9. The van der Waals surface area contributed by atoms with Crippen LogP contribution in [0.2, 0.25) is 0 Å². The normalized spacial score (nSPS) is 15.5. The number of sulfonamides is 1. The third kappa shape index (κ3) is 3.68. The molecule has 10 heteroatoms. The molecule has 0 saturated heterocycles. The second-order valence-electron chi connectivity index (χ2n) is 8.35. The molecule has 0 aliphatic carbocycles. The molecule has 0 spiro atoms. The Bertz CT molecular complexity index is 1550. The van der Waals surface area contributed by atoms with Gasteiger partial charge in [-0.1, -0.05) is 0 Å². The van der Waals surface area contributed by atoms with E-state index >= 15 is 0 Å². The number of amides is 1. The largest absolute Gasteiger partial charge is 0.309 e. The lowest BCUT2D eigenvalue weighted by atomic mass is 10.1. The highest BCUT2D eigenvalue weighted by molar-refractivity contribution is 7.92. The number of carbonyl (C=O) groups is 2. The maximum atomic E-state index is 13.0. The van der Waals surface area contributed by atoms with E-state index in [1.807, 2.05) is 18.5 Å². The van der Waals surface area contributed by atoms with E-state index in [0.717, 1.165) is 16.2 Å². The van der Waals surface area contributed by atoms with Crippen molar-refractivity contribution in [2.75, 3.05) is 9.62 Å². The summed E-state index contributed by atoms with van der Waals surface area (Å²) in [5.41, 5.74) is 3.50. The highest BCUT2D eigenvalue weighted by Gasteiger charge is 2.30. The second kappa shape index (κ2) is 8.07. The molecule has 2 aromatic carbocycles. The number of nitrogens with zero attached hydrogens (tertiary/aromatic N) is 3. The number of hydrogen-bond acceptors (Lipinski definition) is 6. The highest BCUT2D eigenvalue weighted by atomic mass is 32.2. The smallest absolute Gasteiger partial charge is 0.261 e. The van der Waals surface area contributed by atoms with Crippen LogP contribution in [0.3, 0.4) is 0 Å². The van der Waals surface area contributed by atoms with Gasteiger partial charge in [0.2, 0.25) is 11.7 Å². The van der Waals surface area contributed by atoms with E-state index < -0.39 is 10.0 Å². The molecule has 1 aliphatic rings. The van der Waals surface area contributed by atoms with Gasteiger partial charge in [-0.2, -0.15) is 0 Å². The number of fused-ring (bicyclic) bond motifs is 2. The zero-order chi connectivity index (χ0) is 24.2. The van der Waals surface area contributed by atoms with Crippen molar-refractivity contribution in [1.29, 1.82) is 0 Å². The van der Waals surface area contributed by atoms with Crippen molar-refractivity contribution in [3.63, 3.8) is 0 Å². The van der Waals surface area contributed by atoms with Gasteiger partial charge < -0.3 is 4.90 Å². The quantitative estimate of drug-likeness (QED) is 0.422. The van der Waals surface area contributed by atoms with Gasteiger partial charge in [-0.25, -0.2) is 13.4 Å². The van der Waals surface area contributed by atoms with Gasteiger partial charge in [-0.15, -0.1) is 11.3 Å². The monoisotopic (exact) mass is 494 g/mol. The van der Waals surface area contributed by atoms with Crippen molar-refractivity contribution in [3.8, 4) is 0 Å². The number of thiazole rings is 1. The molecule has 4 aromatic rings. The lowest BCUT2D eigenvalue weighted by molar-refractivity contribution is -0.116. The Hall–Kier alpha value is -3.50. The van der Waals surface area contributed by atoms with Crippen LogP contribution < -0.4 is 9.62 Å². The minimum atomic E-state index is -3.85. The number of imidazole rings is 1. The fourth-order valence-corrected chi connectivity index (χ4v) is 6.33. The van der Waals surface area contributed by atoms with Crippen LogP contribution in [0, 0.1) is 6.92 Å². The molecule has 1 N–H and O–H groups in total. The summed E-state index contributed by atoms with van der Waals surface area (Å²) in [6, 6.07) is 11.1. The number of aromatic nitrogens is 2. The van der Waals surface area contributed by atoms with Gasteiger partial charge in [-0.3, -0.25) is 18.7 Å². The Morgan fingerprint density at radius 1 is 1.15 bits per heavy atom. The summed E-state index contributed by atoms with van der Waals surface area (Å²) in [7, 11) is -3.85. The summed E-state index contributed by atoms with van der Waals surface area (Å²) in [6.45, 7) is 5.23. The average molecular weight is 495 g/mol. The SMILES string of the molecule is CC(=O)N1c2ccc(S(=O)(=O)Nc3ccc(C(=O)c4c(C)nc5sccn45)cc3)cc2CC1C. The molecule has 1 atom stereocenters. The van der Waals surface area contributed by atoms with Crippen LogP contribution in [0.1, 0.15) is 41.2 Å². The molecule has 2 aromatic heterocycles. The molecule has 0 radical (unpaired) electrons. The van der Waals surface area contributed by atoms with Crippen LogP contribution in [0.4, 0.5) is 11.4 Å². The van der Waals surface area contributed by atoms with Crippen LogP contribution in [0.5, 0.6) is 0 Å². The number of aryl methyl sites for hydroxylation is 1. The number of carbonyl (C=O) groups excluding carboxylic acids is 2. The van der Waals surface area contributed by atoms with Gasteiger partial charge in [-0.05, 0) is 68.3 Å². The van der Waals surface area contributed by atoms with Gasteiger partial charge in [0.15, 0.2) is 4.96 Å². The molecule has 0 bridgehead atoms. The zero-order valence-electron chi connectivity index (χ0n) is 18.8. The predicted octanol–water partition coefficient (Wildman–Crippen LogP) is 4.03. The first kappa shape index (κ1) is 22.3. The number of anilines is 2. The van der Waals surface area contributed by atoms with Gasteiger partial charge in [0.05, 0.1) is 10.6 Å². The molecule has 0 fully saturated rings. The van der Waals surface area contributed by atoms with E-state index in [1.165, 1.54) is 24.3 Å². The molecule has 0 saturated carbocycles. The number of rotatable bonds is 5. The third-order valence-corrected chi connectivity index (χ3v) is 8.10. The average Bonchev–Trinajstić information content (AvgIpc) is 3.44. The summed E-state index contributed by atoms with van der Waals surface area (Å²) in [6.07, 6.45) is 2.41. The molecule has 8 nitrogen and oxygen atoms in total. The molecule has 34 heavy (non-hydrogen) atoms. The van der Waals surface area contributed by atoms with Crippen LogP contribution >= 0.6 is 11.3 Å². The number of ketones is 1. The number of benzene rings is 2. The fourth-order valence-electron chi connectivity index (χ4n) is 4.46. The molecule has 174 valence electrons. The molecule has 1 aliphatic heterocycles. The molecule has 1 unspecified atom stereocenters. The first-order valence-electron chi connectivity index (χ1n) is 10.7. The lowest BCUT2D eigenvalue weighted by Crippen LogP contribution is -2.33. The molecule has 3 heterocycles. The van der Waals surface area contributed by atoms with Crippen molar-refractivity contribution in [1.82, 2.24) is 9.38 Å². The van der Waals surface area contributed by atoms with Crippen LogP contribution in [0.15, 0.2) is 58.9 Å². The highest BCUT2D eigenvalue weighted by Crippen LogP contribution is 2.34. The van der Waals surface area contributed by atoms with Crippen molar-refractivity contribution in [3.05, 3.63) is 76.6 Å². The maximum Gasteiger partial charge on any atom is 0.261 e. The van der Waals surface area contributed by atoms with E-state index in [4.69, 9.17) is 0 Å². The third-order valence-electron chi connectivity index (χ3n) is 5.97. The molecular weight excluding hydrogens is 472 g/mol. The van der Waals surface area contributed by atoms with Gasteiger partial charge in [0.1, 0.15) is 5.69 Å². The van der Waals surface area contributed by atoms with E-state index in [-0.39, 0.29) is 22.6 Å². The van der Waals surface area contributed by atoms with Gasteiger partial charge in [0, 0.05) is 41.5 Å². The van der Waals surface area contributed by atoms with E-state index in [0.29, 0.717) is 29.1 Å². The van der Waals surface area contributed by atoms with E-state index in [9.17, 15) is 18.0 Å². The Kier molecular flexibility index (Phi) is 5.29. The summed E-state index contributed by atoms with van der Waals surface area (Å²) >= 11 is 1.45. The Balaban J connectivity index is 1.37. The summed E-state index contributed by atoms with van der Waals surface area (Å²) in [5, 5.41) is 1.87. The number of hydrogen-bond donors (Lipinski definition) is 1. The Morgan fingerprint density at radius 2 is 1.88 bits per heavy atom. The maximum absolute atomic E-state index is 13.0. The topological polar surface area (TPSA) is 101 Å². The van der Waals surface area contributed by atoms with Gasteiger partial charge >= 0.3 is 0 Å². The predicted molar refractivity (Wildman–Crippen MR) is 131 cm³/mol. The van der Waals surface area contributed by atoms with E-state index in [1.54, 1.807) is 52.6 Å². The standard InChI is InChI=1S/C24H22N4O4S2/c1-14-12-18-13-20(8-9-21(18)28(14)16(3)29)34(31,32)26-19-6-4-17(5-7-19)23(30)22-15(2)25-24-27(22)10-11-33-24/h4-11,13-14,26H,12H2,1-3H3. The Labute approximate surface area is 200 Å². The molecule has 1 amide bonds. The van der Waals surface area contributed by atoms with Crippen molar-refractivity contribution in [2.24, 2.45) is 0 Å². The van der Waals surface area contributed by atoms with Crippen LogP contribution in [0.25, 0.3) is 4.96 Å². The zero-order valence-corrected chi connectivity index (χ0v) is 20.4. The lowest BCUT2D eigenvalue weighted by Gasteiger charge is -2.20. The molecule has 5 rings (SSSR count). The fraction of sp³-hybridized carbons (Fsp3) is 0.208. The van der Waals surface area contributed by atoms with Crippen molar-refractivity contribution in [2.45, 2.75) is 38.1 Å². The summed E-state index contributed by atoms with van der Waals surface area (Å²) in [4.78, 5) is 31.9. The molecular formula is C24H22N4O4S2. The van der Waals surface area contributed by atoms with Crippen LogP contribution in [-0.4, -0.2) is 35.5 Å². The van der Waals surface area contributed by atoms with Crippen LogP contribution in [-0.2, 0) is 21.2 Å². The minimum Gasteiger partial charge on any atom is -0.309 e. The first-order valence-corrected chi connectivity index (χ1v) is 13.0. The first-order chi connectivity index (χ1) is 16.2. The van der Waals surface area contributed by atoms with Gasteiger partial charge in [0.25, 0.3) is 10.0 Å². The number of nitrogens with one attached hydrogen (secondary N) is 1. The van der Waals surface area contributed by atoms with Crippen molar-refractivity contribution < 1.29 is 18.0 Å². The summed E-state index contributed by atoms with van der Waals surface area (Å²) < 4.78 is 30.3. The summed E-state index contributed by atoms with van der Waals surface area (Å²) in [5.74, 6) is -0.249. The minimum absolute atomic E-state index is 0.0155. The van der Waals surface area contributed by atoms with Crippen molar-refractivity contribution >= 4 is 49.4 Å². The Morgan fingerprint density at radius 3 is 2.59 bits per heavy atom. The van der Waals surface area contributed by atoms with E-state index in [2.05, 4.69) is 9.71 Å².